The van der Waals surface area contributed by atoms with Gasteiger partial charge in [0.05, 0.1) is 41.3 Å². The summed E-state index contributed by atoms with van der Waals surface area (Å²) in [7, 11) is -2.55. The second-order valence-electron chi connectivity index (χ2n) is 11.0. The minimum absolute atomic E-state index is 0.0566. The molecule has 1 saturated carbocycles. The SMILES string of the molecule is COCCS(=O)(=O)C(C(=O)CCC(=O)NC1CC1)c1nc2ccc(-c3ccc(C(=O)N4CC(C)(O)C4)cc3)cc2s1. The Bertz CT molecular complexity index is 1570. The summed E-state index contributed by atoms with van der Waals surface area (Å²) >= 11 is 1.14. The van der Waals surface area contributed by atoms with E-state index in [2.05, 4.69) is 10.3 Å². The molecule has 5 rings (SSSR count). The number of aliphatic hydroxyl groups is 1. The molecule has 2 aliphatic rings. The molecule has 218 valence electrons. The average Bonchev–Trinajstić information content (AvgIpc) is 3.64. The van der Waals surface area contributed by atoms with Crippen LogP contribution in [-0.2, 0) is 24.2 Å². The fourth-order valence-corrected chi connectivity index (χ4v) is 7.95. The van der Waals surface area contributed by atoms with Gasteiger partial charge in [-0.15, -0.1) is 11.3 Å². The molecule has 3 aromatic rings. The number of amides is 2. The highest BCUT2D eigenvalue weighted by molar-refractivity contribution is 7.92. The molecule has 1 aliphatic carbocycles. The number of Topliss-reactive ketones (excluding diaryl/α,β-unsaturated/α-hetero) is 1. The summed E-state index contributed by atoms with van der Waals surface area (Å²) in [5.41, 5.74) is 1.96. The van der Waals surface area contributed by atoms with E-state index in [0.717, 1.165) is 35.3 Å². The van der Waals surface area contributed by atoms with Crippen LogP contribution in [0.25, 0.3) is 21.3 Å². The summed E-state index contributed by atoms with van der Waals surface area (Å²) in [5.74, 6) is -1.29. The molecule has 2 fully saturated rings. The number of hydrogen-bond donors (Lipinski definition) is 2. The van der Waals surface area contributed by atoms with Gasteiger partial charge in [-0.3, -0.25) is 14.4 Å². The van der Waals surface area contributed by atoms with Crippen molar-refractivity contribution in [3.63, 3.8) is 0 Å². The minimum Gasteiger partial charge on any atom is -0.386 e. The largest absolute Gasteiger partial charge is 0.386 e. The molecule has 1 aromatic heterocycles. The number of carbonyl (C=O) groups is 3. The van der Waals surface area contributed by atoms with Gasteiger partial charge in [0.1, 0.15) is 5.01 Å². The maximum atomic E-state index is 13.2. The molecule has 1 aliphatic heterocycles. The van der Waals surface area contributed by atoms with Crippen molar-refractivity contribution in [3.8, 4) is 11.1 Å². The smallest absolute Gasteiger partial charge is 0.254 e. The Hall–Kier alpha value is -3.19. The van der Waals surface area contributed by atoms with Gasteiger partial charge in [0.25, 0.3) is 5.91 Å². The van der Waals surface area contributed by atoms with Crippen molar-refractivity contribution >= 4 is 49.0 Å². The lowest BCUT2D eigenvalue weighted by molar-refractivity contribution is -0.125. The van der Waals surface area contributed by atoms with E-state index in [0.29, 0.717) is 28.9 Å². The lowest BCUT2D eigenvalue weighted by atomic mass is 9.95. The van der Waals surface area contributed by atoms with E-state index >= 15 is 0 Å². The Kier molecular flexibility index (Phi) is 8.29. The molecular formula is C29H33N3O7S2. The van der Waals surface area contributed by atoms with E-state index in [1.807, 2.05) is 24.3 Å². The lowest BCUT2D eigenvalue weighted by Gasteiger charge is -2.44. The first-order valence-electron chi connectivity index (χ1n) is 13.5. The second-order valence-corrected chi connectivity index (χ2v) is 14.3. The van der Waals surface area contributed by atoms with Crippen LogP contribution in [0.3, 0.4) is 0 Å². The van der Waals surface area contributed by atoms with Gasteiger partial charge in [-0.05, 0) is 55.2 Å². The maximum Gasteiger partial charge on any atom is 0.254 e. The van der Waals surface area contributed by atoms with E-state index in [-0.39, 0.29) is 48.1 Å². The minimum atomic E-state index is -3.94. The van der Waals surface area contributed by atoms with Crippen LogP contribution < -0.4 is 5.32 Å². The van der Waals surface area contributed by atoms with Crippen LogP contribution in [0.1, 0.15) is 53.2 Å². The molecule has 1 saturated heterocycles. The Balaban J connectivity index is 1.36. The number of β-amino-alcohol motifs (C(OH)–C–C–N with tert-alkyl or cyclic N) is 1. The van der Waals surface area contributed by atoms with Crippen molar-refractivity contribution in [3.05, 3.63) is 53.0 Å². The molecule has 0 radical (unpaired) electrons. The van der Waals surface area contributed by atoms with Crippen LogP contribution >= 0.6 is 11.3 Å². The molecule has 0 spiro atoms. The summed E-state index contributed by atoms with van der Waals surface area (Å²) in [6.45, 7) is 2.24. The fourth-order valence-electron chi connectivity index (χ4n) is 4.85. The van der Waals surface area contributed by atoms with Gasteiger partial charge in [-0.1, -0.05) is 18.2 Å². The molecule has 2 N–H and O–H groups in total. The van der Waals surface area contributed by atoms with E-state index < -0.39 is 26.5 Å². The first-order chi connectivity index (χ1) is 19.5. The van der Waals surface area contributed by atoms with E-state index in [1.165, 1.54) is 7.11 Å². The highest BCUT2D eigenvalue weighted by Crippen LogP contribution is 2.35. The number of aromatic nitrogens is 1. The summed E-state index contributed by atoms with van der Waals surface area (Å²) in [4.78, 5) is 44.1. The van der Waals surface area contributed by atoms with Crippen molar-refractivity contribution in [2.75, 3.05) is 32.6 Å². The molecule has 1 atom stereocenters. The number of carbonyl (C=O) groups excluding carboxylic acids is 3. The van der Waals surface area contributed by atoms with Crippen molar-refractivity contribution in [2.45, 2.75) is 49.5 Å². The summed E-state index contributed by atoms with van der Waals surface area (Å²) < 4.78 is 32.2. The molecule has 2 heterocycles. The number of nitrogens with one attached hydrogen (secondary N) is 1. The predicted molar refractivity (Wildman–Crippen MR) is 155 cm³/mol. The number of likely N-dealkylation sites (tertiary alicyclic amines) is 1. The van der Waals surface area contributed by atoms with E-state index in [1.54, 1.807) is 30.0 Å². The van der Waals surface area contributed by atoms with Crippen LogP contribution in [0.5, 0.6) is 0 Å². The van der Waals surface area contributed by atoms with Crippen molar-refractivity contribution in [2.24, 2.45) is 0 Å². The quantitative estimate of drug-likeness (QED) is 0.324. The number of methoxy groups -OCH3 is 1. The van der Waals surface area contributed by atoms with E-state index in [9.17, 15) is 27.9 Å². The predicted octanol–water partition coefficient (Wildman–Crippen LogP) is 2.90. The van der Waals surface area contributed by atoms with Crippen LogP contribution in [0.2, 0.25) is 0 Å². The maximum absolute atomic E-state index is 13.2. The second kappa shape index (κ2) is 11.6. The van der Waals surface area contributed by atoms with Crippen molar-refractivity contribution in [1.29, 1.82) is 0 Å². The number of hydrogen-bond acceptors (Lipinski definition) is 9. The van der Waals surface area contributed by atoms with Crippen LogP contribution in [0.4, 0.5) is 0 Å². The fraction of sp³-hybridized carbons (Fsp3) is 0.448. The molecule has 2 aromatic carbocycles. The molecule has 41 heavy (non-hydrogen) atoms. The summed E-state index contributed by atoms with van der Waals surface area (Å²) in [5, 5.41) is 11.4. The number of ketones is 1. The number of thiazole rings is 1. The monoisotopic (exact) mass is 599 g/mol. The zero-order chi connectivity index (χ0) is 29.4. The number of sulfone groups is 1. The van der Waals surface area contributed by atoms with Crippen LogP contribution in [-0.4, -0.2) is 85.2 Å². The third-order valence-electron chi connectivity index (χ3n) is 7.21. The highest BCUT2D eigenvalue weighted by atomic mass is 32.2. The molecular weight excluding hydrogens is 566 g/mol. The molecule has 12 heteroatoms. The first-order valence-corrected chi connectivity index (χ1v) is 16.0. The third-order valence-corrected chi connectivity index (χ3v) is 10.4. The molecule has 0 bridgehead atoms. The normalized spacial score (nSPS) is 17.2. The summed E-state index contributed by atoms with van der Waals surface area (Å²) in [6, 6.07) is 12.8. The van der Waals surface area contributed by atoms with Crippen LogP contribution in [0, 0.1) is 0 Å². The van der Waals surface area contributed by atoms with Crippen molar-refractivity contribution < 1.29 is 32.6 Å². The molecule has 10 nitrogen and oxygen atoms in total. The Morgan fingerprint density at radius 2 is 1.80 bits per heavy atom. The molecule has 2 amide bonds. The zero-order valence-electron chi connectivity index (χ0n) is 23.0. The highest BCUT2D eigenvalue weighted by Gasteiger charge is 2.40. The zero-order valence-corrected chi connectivity index (χ0v) is 24.6. The number of rotatable bonds is 12. The van der Waals surface area contributed by atoms with Crippen LogP contribution in [0.15, 0.2) is 42.5 Å². The van der Waals surface area contributed by atoms with Gasteiger partial charge in [-0.2, -0.15) is 0 Å². The van der Waals surface area contributed by atoms with Crippen molar-refractivity contribution in [1.82, 2.24) is 15.2 Å². The van der Waals surface area contributed by atoms with Gasteiger partial charge in [-0.25, -0.2) is 13.4 Å². The first kappa shape index (κ1) is 29.3. The number of nitrogens with zero attached hydrogens (tertiary/aromatic N) is 2. The number of fused-ring (bicyclic) bond motifs is 1. The molecule has 1 unspecified atom stereocenters. The number of benzene rings is 2. The Labute approximate surface area is 242 Å². The van der Waals surface area contributed by atoms with Gasteiger partial charge in [0.2, 0.25) is 5.91 Å². The van der Waals surface area contributed by atoms with Gasteiger partial charge >= 0.3 is 0 Å². The standard InChI is InChI=1S/C29H33N3O7S2/c1-29(36)16-32(17-29)28(35)19-5-3-18(4-6-19)20-7-10-22-24(15-20)40-27(31-22)26(41(37,38)14-13-39-2)23(33)11-12-25(34)30-21-8-9-21/h3-7,10,15,21,26,36H,8-9,11-14,16-17H2,1-2H3,(H,30,34). The van der Waals surface area contributed by atoms with Gasteiger partial charge in [0, 0.05) is 31.6 Å². The Morgan fingerprint density at radius 3 is 2.44 bits per heavy atom. The average molecular weight is 600 g/mol. The van der Waals surface area contributed by atoms with Gasteiger partial charge < -0.3 is 20.1 Å². The van der Waals surface area contributed by atoms with Gasteiger partial charge in [0.15, 0.2) is 20.9 Å². The summed E-state index contributed by atoms with van der Waals surface area (Å²) in [6.07, 6.45) is 1.58. The van der Waals surface area contributed by atoms with E-state index in [4.69, 9.17) is 4.74 Å². The Morgan fingerprint density at radius 1 is 1.12 bits per heavy atom. The third kappa shape index (κ3) is 6.83. The number of ether oxygens (including phenoxy) is 1. The topological polar surface area (TPSA) is 143 Å². The lowest BCUT2D eigenvalue weighted by Crippen LogP contribution is -2.61.